The van der Waals surface area contributed by atoms with Crippen LogP contribution < -0.4 is 0 Å². The summed E-state index contributed by atoms with van der Waals surface area (Å²) in [6.45, 7) is 6.62. The summed E-state index contributed by atoms with van der Waals surface area (Å²) in [6, 6.07) is 21.4. The van der Waals surface area contributed by atoms with Gasteiger partial charge in [0.05, 0.1) is 13.1 Å². The molecule has 7 nitrogen and oxygen atoms in total. The number of nitrogens with zero attached hydrogens (tertiary/aromatic N) is 3. The smallest absolute Gasteiger partial charge is 0.238 e. The molecule has 0 saturated heterocycles. The Morgan fingerprint density at radius 1 is 0.975 bits per heavy atom. The van der Waals surface area contributed by atoms with E-state index in [1.54, 1.807) is 11.0 Å². The van der Waals surface area contributed by atoms with E-state index in [0.29, 0.717) is 39.3 Å². The van der Waals surface area contributed by atoms with E-state index in [1.807, 2.05) is 67.7 Å². The topological polar surface area (TPSA) is 71.9 Å². The summed E-state index contributed by atoms with van der Waals surface area (Å²) in [4.78, 5) is 15.4. The van der Waals surface area contributed by atoms with Crippen LogP contribution in [0, 0.1) is 0 Å². The van der Waals surface area contributed by atoms with Crippen LogP contribution >= 0.6 is 15.9 Å². The number of amides is 1. The van der Waals surface area contributed by atoms with Crippen molar-refractivity contribution in [3.63, 3.8) is 0 Å². The van der Waals surface area contributed by atoms with Crippen molar-refractivity contribution < 1.29 is 17.9 Å². The first-order valence-electron chi connectivity index (χ1n) is 13.8. The third-order valence-electron chi connectivity index (χ3n) is 6.48. The maximum Gasteiger partial charge on any atom is 0.238 e. The van der Waals surface area contributed by atoms with Gasteiger partial charge in [-0.05, 0) is 61.2 Å². The standard InChI is InChI=1S/C31H40BrN3O4S/c1-3-5-19-34(25-30-13-9-20-33(30)24-28-14-16-29(32)17-15-28)31(36)26-35(21-10-22-39-4-2)40(37,38)23-18-27-11-7-6-8-12-27/h6-9,11-18,20,23H,3-5,10,19,21-22,24-26H2,1-2H3. The Morgan fingerprint density at radius 3 is 2.42 bits per heavy atom. The average Bonchev–Trinajstić information content (AvgIpc) is 3.39. The van der Waals surface area contributed by atoms with Gasteiger partial charge in [-0.25, -0.2) is 8.42 Å². The van der Waals surface area contributed by atoms with Gasteiger partial charge in [0.15, 0.2) is 0 Å². The Balaban J connectivity index is 1.77. The lowest BCUT2D eigenvalue weighted by Gasteiger charge is -2.27. The Morgan fingerprint density at radius 2 is 1.73 bits per heavy atom. The van der Waals surface area contributed by atoms with Crippen molar-refractivity contribution >= 4 is 37.9 Å². The minimum Gasteiger partial charge on any atom is -0.382 e. The van der Waals surface area contributed by atoms with E-state index in [0.717, 1.165) is 34.1 Å². The van der Waals surface area contributed by atoms with Gasteiger partial charge in [0.1, 0.15) is 0 Å². The van der Waals surface area contributed by atoms with Crippen LogP contribution in [0.5, 0.6) is 0 Å². The van der Waals surface area contributed by atoms with Gasteiger partial charge in [0, 0.05) is 54.6 Å². The van der Waals surface area contributed by atoms with Crippen molar-refractivity contribution in [2.75, 3.05) is 32.8 Å². The first-order chi connectivity index (χ1) is 19.3. The van der Waals surface area contributed by atoms with Crippen molar-refractivity contribution in [3.05, 3.63) is 99.6 Å². The summed E-state index contributed by atoms with van der Waals surface area (Å²) < 4.78 is 36.6. The average molecular weight is 631 g/mol. The number of carbonyl (C=O) groups is 1. The van der Waals surface area contributed by atoms with Crippen LogP contribution in [0.25, 0.3) is 6.08 Å². The number of hydrogen-bond donors (Lipinski definition) is 0. The van der Waals surface area contributed by atoms with Crippen LogP contribution in [0.2, 0.25) is 0 Å². The quantitative estimate of drug-likeness (QED) is 0.168. The molecule has 0 saturated carbocycles. The second-order valence-electron chi connectivity index (χ2n) is 9.57. The molecule has 9 heteroatoms. The van der Waals surface area contributed by atoms with Crippen LogP contribution in [-0.4, -0.2) is 60.9 Å². The zero-order chi connectivity index (χ0) is 28.8. The van der Waals surface area contributed by atoms with Crippen molar-refractivity contribution in [2.45, 2.75) is 46.2 Å². The van der Waals surface area contributed by atoms with Crippen molar-refractivity contribution in [1.29, 1.82) is 0 Å². The molecule has 0 fully saturated rings. The van der Waals surface area contributed by atoms with E-state index in [9.17, 15) is 13.2 Å². The molecule has 1 amide bonds. The van der Waals surface area contributed by atoms with Gasteiger partial charge < -0.3 is 14.2 Å². The Kier molecular flexibility index (Phi) is 13.1. The molecule has 40 heavy (non-hydrogen) atoms. The fraction of sp³-hybridized carbons (Fsp3) is 0.387. The lowest BCUT2D eigenvalue weighted by Crippen LogP contribution is -2.43. The van der Waals surface area contributed by atoms with E-state index in [4.69, 9.17) is 4.74 Å². The van der Waals surface area contributed by atoms with E-state index in [1.165, 1.54) is 9.71 Å². The Labute approximate surface area is 247 Å². The number of benzene rings is 2. The highest BCUT2D eigenvalue weighted by atomic mass is 79.9. The second kappa shape index (κ2) is 16.5. The number of aromatic nitrogens is 1. The summed E-state index contributed by atoms with van der Waals surface area (Å²) in [5.41, 5.74) is 2.94. The van der Waals surface area contributed by atoms with Crippen molar-refractivity contribution in [2.24, 2.45) is 0 Å². The zero-order valence-electron chi connectivity index (χ0n) is 23.4. The molecule has 0 spiro atoms. The largest absolute Gasteiger partial charge is 0.382 e. The normalized spacial score (nSPS) is 11.9. The lowest BCUT2D eigenvalue weighted by molar-refractivity contribution is -0.132. The maximum atomic E-state index is 13.7. The SMILES string of the molecule is CCCCN(Cc1cccn1Cc1ccc(Br)cc1)C(=O)CN(CCCOCC)S(=O)(=O)C=Cc1ccccc1. The van der Waals surface area contributed by atoms with Crippen molar-refractivity contribution in [3.8, 4) is 0 Å². The summed E-state index contributed by atoms with van der Waals surface area (Å²) in [6.07, 6.45) is 5.85. The molecule has 0 aliphatic carbocycles. The highest BCUT2D eigenvalue weighted by molar-refractivity contribution is 9.10. The van der Waals surface area contributed by atoms with Crippen LogP contribution in [-0.2, 0) is 32.6 Å². The molecule has 0 atom stereocenters. The number of hydrogen-bond acceptors (Lipinski definition) is 4. The lowest BCUT2D eigenvalue weighted by atomic mass is 10.2. The highest BCUT2D eigenvalue weighted by Gasteiger charge is 2.25. The number of sulfonamides is 1. The van der Waals surface area contributed by atoms with Crippen LogP contribution in [0.1, 0.15) is 49.9 Å². The number of halogens is 1. The van der Waals surface area contributed by atoms with Gasteiger partial charge in [0.2, 0.25) is 15.9 Å². The van der Waals surface area contributed by atoms with Gasteiger partial charge in [-0.15, -0.1) is 0 Å². The van der Waals surface area contributed by atoms with E-state index in [2.05, 4.69) is 39.6 Å². The third kappa shape index (κ3) is 10.4. The first-order valence-corrected chi connectivity index (χ1v) is 16.1. The molecule has 0 aliphatic rings. The molecule has 0 bridgehead atoms. The molecule has 3 rings (SSSR count). The van der Waals surface area contributed by atoms with Crippen LogP contribution in [0.4, 0.5) is 0 Å². The molecule has 0 radical (unpaired) electrons. The Bertz CT molecular complexity index is 1310. The molecule has 0 N–H and O–H groups in total. The summed E-state index contributed by atoms with van der Waals surface area (Å²) in [5.74, 6) is -0.210. The predicted octanol–water partition coefficient (Wildman–Crippen LogP) is 6.16. The van der Waals surface area contributed by atoms with Crippen molar-refractivity contribution in [1.82, 2.24) is 13.8 Å². The molecule has 1 aromatic heterocycles. The van der Waals surface area contributed by atoms with E-state index in [-0.39, 0.29) is 19.0 Å². The molecule has 3 aromatic rings. The fourth-order valence-electron chi connectivity index (χ4n) is 4.22. The molecule has 1 heterocycles. The second-order valence-corrected chi connectivity index (χ2v) is 12.3. The van der Waals surface area contributed by atoms with Gasteiger partial charge in [-0.2, -0.15) is 4.31 Å². The van der Waals surface area contributed by atoms with Gasteiger partial charge in [-0.3, -0.25) is 4.79 Å². The fourth-order valence-corrected chi connectivity index (χ4v) is 5.66. The van der Waals surface area contributed by atoms with Gasteiger partial charge in [0.25, 0.3) is 0 Å². The molecule has 0 unspecified atom stereocenters. The minimum atomic E-state index is -3.83. The van der Waals surface area contributed by atoms with Crippen LogP contribution in [0.15, 0.2) is 82.8 Å². The summed E-state index contributed by atoms with van der Waals surface area (Å²) >= 11 is 3.48. The highest BCUT2D eigenvalue weighted by Crippen LogP contribution is 2.16. The number of unbranched alkanes of at least 4 members (excludes halogenated alkanes) is 1. The molecule has 0 aliphatic heterocycles. The molecule has 2 aromatic carbocycles. The maximum absolute atomic E-state index is 13.7. The third-order valence-corrected chi connectivity index (χ3v) is 8.52. The number of rotatable bonds is 17. The summed E-state index contributed by atoms with van der Waals surface area (Å²) in [7, 11) is -3.83. The van der Waals surface area contributed by atoms with E-state index >= 15 is 0 Å². The number of ether oxygens (including phenoxy) is 1. The molecular formula is C31H40BrN3O4S. The van der Waals surface area contributed by atoms with Gasteiger partial charge >= 0.3 is 0 Å². The minimum absolute atomic E-state index is 0.203. The molecular weight excluding hydrogens is 590 g/mol. The molecule has 216 valence electrons. The summed E-state index contributed by atoms with van der Waals surface area (Å²) in [5, 5.41) is 1.19. The monoisotopic (exact) mass is 629 g/mol. The first kappa shape index (κ1) is 31.8. The van der Waals surface area contributed by atoms with Crippen LogP contribution in [0.3, 0.4) is 0 Å². The van der Waals surface area contributed by atoms with E-state index < -0.39 is 10.0 Å². The predicted molar refractivity (Wildman–Crippen MR) is 165 cm³/mol. The van der Waals surface area contributed by atoms with Gasteiger partial charge in [-0.1, -0.05) is 71.7 Å². The Hall–Kier alpha value is -2.72. The zero-order valence-corrected chi connectivity index (χ0v) is 25.8. The number of carbonyl (C=O) groups excluding carboxylic acids is 1.